The Hall–Kier alpha value is -2.06. The number of aryl methyl sites for hydroxylation is 1. The van der Waals surface area contributed by atoms with Gasteiger partial charge in [-0.05, 0) is 31.5 Å². The number of hydrogen-bond donors (Lipinski definition) is 2. The molecule has 0 fully saturated rings. The predicted molar refractivity (Wildman–Crippen MR) is 94.0 cm³/mol. The van der Waals surface area contributed by atoms with Gasteiger partial charge in [-0.3, -0.25) is 14.6 Å². The summed E-state index contributed by atoms with van der Waals surface area (Å²) in [6.45, 7) is 3.44. The zero-order valence-corrected chi connectivity index (χ0v) is 15.0. The Bertz CT molecular complexity index is 797. The first-order valence-electron chi connectivity index (χ1n) is 7.19. The maximum Gasteiger partial charge on any atom is 0.273 e. The number of aromatic nitrogens is 3. The zero-order chi connectivity index (χ0) is 17.7. The van der Waals surface area contributed by atoms with Crippen molar-refractivity contribution in [2.45, 2.75) is 30.7 Å². The average Bonchev–Trinajstić information content (AvgIpc) is 2.56. The molecule has 0 spiro atoms. The van der Waals surface area contributed by atoms with Crippen LogP contribution in [-0.4, -0.2) is 33.4 Å². The number of nitrogens with one attached hydrogen (secondary N) is 2. The lowest BCUT2D eigenvalue weighted by Crippen LogP contribution is -2.25. The number of carbonyl (C=O) groups excluding carboxylic acids is 1. The minimum Gasteiger partial charge on any atom is -0.495 e. The molecular formula is C15H17ClN4O3S. The van der Waals surface area contributed by atoms with Crippen LogP contribution >= 0.6 is 23.4 Å². The minimum absolute atomic E-state index is 0.216. The number of hydrogen-bond acceptors (Lipinski definition) is 6. The highest BCUT2D eigenvalue weighted by Gasteiger charge is 2.20. The second kappa shape index (κ2) is 8.16. The fraction of sp³-hybridized carbons (Fsp3) is 0.333. The number of ether oxygens (including phenoxy) is 1. The maximum atomic E-state index is 12.4. The van der Waals surface area contributed by atoms with Crippen LogP contribution in [-0.2, 0) is 4.79 Å². The van der Waals surface area contributed by atoms with Gasteiger partial charge >= 0.3 is 0 Å². The highest BCUT2D eigenvalue weighted by Crippen LogP contribution is 2.28. The molecule has 0 saturated carbocycles. The first kappa shape index (κ1) is 18.3. The fourth-order valence-corrected chi connectivity index (χ4v) is 2.95. The first-order chi connectivity index (χ1) is 11.4. The quantitative estimate of drug-likeness (QED) is 0.761. The van der Waals surface area contributed by atoms with Crippen LogP contribution in [0.3, 0.4) is 0 Å². The number of halogens is 1. The van der Waals surface area contributed by atoms with Gasteiger partial charge in [0.15, 0.2) is 5.16 Å². The van der Waals surface area contributed by atoms with Crippen LogP contribution in [0, 0.1) is 6.92 Å². The summed E-state index contributed by atoms with van der Waals surface area (Å²) in [5.74, 6) is 0.315. The van der Waals surface area contributed by atoms with Crippen molar-refractivity contribution in [3.63, 3.8) is 0 Å². The molecule has 2 aromatic rings. The van der Waals surface area contributed by atoms with E-state index in [1.807, 2.05) is 6.92 Å². The minimum atomic E-state index is -0.432. The highest BCUT2D eigenvalue weighted by molar-refractivity contribution is 8.00. The fourth-order valence-electron chi connectivity index (χ4n) is 1.86. The van der Waals surface area contributed by atoms with Gasteiger partial charge in [0, 0.05) is 5.69 Å². The summed E-state index contributed by atoms with van der Waals surface area (Å²) in [6.07, 6.45) is 0.554. The number of anilines is 1. The molecule has 1 aromatic heterocycles. The van der Waals surface area contributed by atoms with E-state index in [1.165, 1.54) is 7.11 Å². The number of amides is 1. The van der Waals surface area contributed by atoms with Crippen LogP contribution in [0.2, 0.25) is 5.02 Å². The topological polar surface area (TPSA) is 97.0 Å². The maximum absolute atomic E-state index is 12.4. The zero-order valence-electron chi connectivity index (χ0n) is 13.4. The van der Waals surface area contributed by atoms with Crippen molar-refractivity contribution in [1.82, 2.24) is 15.2 Å². The molecule has 0 saturated heterocycles. The molecule has 24 heavy (non-hydrogen) atoms. The Labute approximate surface area is 148 Å². The van der Waals surface area contributed by atoms with E-state index in [9.17, 15) is 9.59 Å². The van der Waals surface area contributed by atoms with E-state index < -0.39 is 5.25 Å². The molecule has 0 aliphatic rings. The van der Waals surface area contributed by atoms with Crippen LogP contribution in [0.25, 0.3) is 0 Å². The normalized spacial score (nSPS) is 11.8. The van der Waals surface area contributed by atoms with Gasteiger partial charge in [0.25, 0.3) is 5.56 Å². The van der Waals surface area contributed by atoms with Crippen molar-refractivity contribution in [3.8, 4) is 5.75 Å². The summed E-state index contributed by atoms with van der Waals surface area (Å²) in [5.41, 5.74) is 0.530. The third-order valence-electron chi connectivity index (χ3n) is 3.18. The highest BCUT2D eigenvalue weighted by atomic mass is 35.5. The molecule has 1 amide bonds. The van der Waals surface area contributed by atoms with Crippen molar-refractivity contribution >= 4 is 35.0 Å². The van der Waals surface area contributed by atoms with E-state index in [2.05, 4.69) is 20.5 Å². The summed E-state index contributed by atoms with van der Waals surface area (Å²) < 4.78 is 5.08. The van der Waals surface area contributed by atoms with Crippen molar-refractivity contribution in [2.24, 2.45) is 0 Å². The molecule has 0 bridgehead atoms. The van der Waals surface area contributed by atoms with Gasteiger partial charge in [-0.25, -0.2) is 0 Å². The van der Waals surface area contributed by atoms with Gasteiger partial charge in [-0.2, -0.15) is 0 Å². The molecule has 1 unspecified atom stereocenters. The second-order valence-corrected chi connectivity index (χ2v) is 6.50. The van der Waals surface area contributed by atoms with Gasteiger partial charge in [-0.15, -0.1) is 10.2 Å². The summed E-state index contributed by atoms with van der Waals surface area (Å²) in [4.78, 5) is 26.6. The van der Waals surface area contributed by atoms with Crippen molar-refractivity contribution in [1.29, 1.82) is 0 Å². The van der Waals surface area contributed by atoms with Gasteiger partial charge in [-0.1, -0.05) is 30.3 Å². The number of carbonyl (C=O) groups is 1. The number of aromatic amines is 1. The number of methoxy groups -OCH3 is 1. The number of benzene rings is 1. The predicted octanol–water partition coefficient (Wildman–Crippen LogP) is 2.64. The van der Waals surface area contributed by atoms with Crippen LogP contribution in [0.15, 0.2) is 28.2 Å². The van der Waals surface area contributed by atoms with Crippen LogP contribution in [0.4, 0.5) is 5.69 Å². The molecule has 7 nitrogen and oxygen atoms in total. The molecule has 2 N–H and O–H groups in total. The lowest BCUT2D eigenvalue weighted by molar-refractivity contribution is -0.115. The van der Waals surface area contributed by atoms with Crippen molar-refractivity contribution < 1.29 is 9.53 Å². The SMILES string of the molecule is CCC(Sc1nnc(C)c(=O)[nH]1)C(=O)Nc1ccc(OC)c(Cl)c1. The monoisotopic (exact) mass is 368 g/mol. The van der Waals surface area contributed by atoms with E-state index in [4.69, 9.17) is 16.3 Å². The Morgan fingerprint density at radius 3 is 2.79 bits per heavy atom. The summed E-state index contributed by atoms with van der Waals surface area (Å²) in [5, 5.41) is 10.7. The summed E-state index contributed by atoms with van der Waals surface area (Å²) >= 11 is 7.20. The molecular weight excluding hydrogens is 352 g/mol. The first-order valence-corrected chi connectivity index (χ1v) is 8.45. The Morgan fingerprint density at radius 2 is 2.21 bits per heavy atom. The van der Waals surface area contributed by atoms with E-state index in [0.29, 0.717) is 28.0 Å². The molecule has 0 aliphatic heterocycles. The molecule has 1 aromatic carbocycles. The average molecular weight is 369 g/mol. The van der Waals surface area contributed by atoms with Gasteiger partial charge in [0.05, 0.1) is 17.4 Å². The molecule has 128 valence electrons. The van der Waals surface area contributed by atoms with E-state index >= 15 is 0 Å². The number of H-pyrrole nitrogens is 1. The van der Waals surface area contributed by atoms with Crippen molar-refractivity contribution in [3.05, 3.63) is 39.3 Å². The van der Waals surface area contributed by atoms with Crippen LogP contribution in [0.1, 0.15) is 19.0 Å². The molecule has 0 aliphatic carbocycles. The van der Waals surface area contributed by atoms with Crippen LogP contribution in [0.5, 0.6) is 5.75 Å². The van der Waals surface area contributed by atoms with E-state index in [-0.39, 0.29) is 17.2 Å². The van der Waals surface area contributed by atoms with Gasteiger partial charge in [0.2, 0.25) is 5.91 Å². The number of nitrogens with zero attached hydrogens (tertiary/aromatic N) is 2. The molecule has 9 heteroatoms. The molecule has 0 radical (unpaired) electrons. The van der Waals surface area contributed by atoms with Gasteiger partial charge in [0.1, 0.15) is 11.4 Å². The Morgan fingerprint density at radius 1 is 1.46 bits per heavy atom. The molecule has 1 heterocycles. The third-order valence-corrected chi connectivity index (χ3v) is 4.71. The lowest BCUT2D eigenvalue weighted by Gasteiger charge is -2.14. The lowest BCUT2D eigenvalue weighted by atomic mass is 10.2. The second-order valence-electron chi connectivity index (χ2n) is 4.90. The van der Waals surface area contributed by atoms with E-state index in [1.54, 1.807) is 25.1 Å². The largest absolute Gasteiger partial charge is 0.495 e. The van der Waals surface area contributed by atoms with Gasteiger partial charge < -0.3 is 10.1 Å². The molecule has 2 rings (SSSR count). The van der Waals surface area contributed by atoms with Crippen LogP contribution < -0.4 is 15.6 Å². The number of rotatable bonds is 6. The Kier molecular flexibility index (Phi) is 6.22. The Balaban J connectivity index is 2.09. The number of thioether (sulfide) groups is 1. The third kappa shape index (κ3) is 4.48. The standard InChI is InChI=1S/C15H17ClN4O3S/c1-4-12(24-15-18-13(21)8(2)19-20-15)14(22)17-9-5-6-11(23-3)10(16)7-9/h5-7,12H,4H2,1-3H3,(H,17,22)(H,18,20,21). The molecule has 1 atom stereocenters. The van der Waals surface area contributed by atoms with Crippen molar-refractivity contribution in [2.75, 3.05) is 12.4 Å². The van der Waals surface area contributed by atoms with E-state index in [0.717, 1.165) is 11.8 Å². The smallest absolute Gasteiger partial charge is 0.273 e. The summed E-state index contributed by atoms with van der Waals surface area (Å²) in [6, 6.07) is 4.99. The summed E-state index contributed by atoms with van der Waals surface area (Å²) in [7, 11) is 1.52.